The van der Waals surface area contributed by atoms with Gasteiger partial charge in [-0.05, 0) is 44.7 Å². The number of nitrogens with one attached hydrogen (secondary N) is 2. The number of H-pyrrole nitrogens is 2. The van der Waals surface area contributed by atoms with Crippen LogP contribution in [-0.2, 0) is 0 Å². The Hall–Kier alpha value is -3.38. The second kappa shape index (κ2) is 7.71. The van der Waals surface area contributed by atoms with Gasteiger partial charge >= 0.3 is 0 Å². The number of piperazine rings is 1. The van der Waals surface area contributed by atoms with Gasteiger partial charge < -0.3 is 19.8 Å². The van der Waals surface area contributed by atoms with Gasteiger partial charge in [-0.2, -0.15) is 0 Å². The van der Waals surface area contributed by atoms with Gasteiger partial charge in [-0.25, -0.2) is 4.98 Å². The van der Waals surface area contributed by atoms with Crippen molar-refractivity contribution >= 4 is 22.5 Å². The van der Waals surface area contributed by atoms with Crippen LogP contribution in [0.2, 0.25) is 0 Å². The lowest BCUT2D eigenvalue weighted by Crippen LogP contribution is -2.44. The number of Topliss-reactive ketones (excluding diaryl/α,β-unsaturated/α-hetero) is 1. The molecule has 0 atom stereocenters. The Morgan fingerprint density at radius 2 is 1.74 bits per heavy atom. The fourth-order valence-electron chi connectivity index (χ4n) is 4.51. The molecule has 1 saturated heterocycles. The molecule has 0 spiro atoms. The van der Waals surface area contributed by atoms with Crippen LogP contribution in [0.3, 0.4) is 0 Å². The third-order valence-electron chi connectivity index (χ3n) is 6.17. The summed E-state index contributed by atoms with van der Waals surface area (Å²) in [4.78, 5) is 29.0. The fourth-order valence-corrected chi connectivity index (χ4v) is 4.51. The molecule has 0 radical (unpaired) electrons. The van der Waals surface area contributed by atoms with E-state index in [4.69, 9.17) is 4.98 Å². The van der Waals surface area contributed by atoms with Crippen molar-refractivity contribution < 1.29 is 4.79 Å². The van der Waals surface area contributed by atoms with Crippen LogP contribution in [0.5, 0.6) is 0 Å². The van der Waals surface area contributed by atoms with Crippen LogP contribution in [0, 0.1) is 6.92 Å². The molecular formula is C25H27N5O. The summed E-state index contributed by atoms with van der Waals surface area (Å²) in [5, 5.41) is 0. The fraction of sp³-hybridized carbons (Fsp3) is 0.280. The summed E-state index contributed by atoms with van der Waals surface area (Å²) in [6, 6.07) is 16.4. The lowest BCUT2D eigenvalue weighted by molar-refractivity contribution is 0.101. The number of imidazole rings is 1. The van der Waals surface area contributed by atoms with Gasteiger partial charge in [-0.3, -0.25) is 4.79 Å². The summed E-state index contributed by atoms with van der Waals surface area (Å²) < 4.78 is 0. The summed E-state index contributed by atoms with van der Waals surface area (Å²) in [6.07, 6.45) is 0. The first-order valence-electron chi connectivity index (χ1n) is 10.7. The molecule has 0 bridgehead atoms. The molecule has 0 amide bonds. The Morgan fingerprint density at radius 1 is 1.00 bits per heavy atom. The third kappa shape index (κ3) is 3.53. The first-order valence-corrected chi connectivity index (χ1v) is 10.7. The molecular weight excluding hydrogens is 386 g/mol. The van der Waals surface area contributed by atoms with Crippen molar-refractivity contribution in [2.75, 3.05) is 38.1 Å². The quantitative estimate of drug-likeness (QED) is 0.484. The molecule has 5 rings (SSSR count). The molecule has 2 N–H and O–H groups in total. The maximum atomic E-state index is 12.5. The van der Waals surface area contributed by atoms with Crippen LogP contribution in [0.15, 0.2) is 48.5 Å². The number of rotatable bonds is 4. The summed E-state index contributed by atoms with van der Waals surface area (Å²) in [5.74, 6) is 0.798. The summed E-state index contributed by atoms with van der Waals surface area (Å²) >= 11 is 0. The minimum atomic E-state index is 0.0484. The Kier molecular flexibility index (Phi) is 4.87. The highest BCUT2D eigenvalue weighted by Gasteiger charge is 2.23. The van der Waals surface area contributed by atoms with E-state index in [1.54, 1.807) is 6.92 Å². The van der Waals surface area contributed by atoms with E-state index in [0.717, 1.165) is 71.1 Å². The van der Waals surface area contributed by atoms with E-state index in [2.05, 4.69) is 45.0 Å². The molecule has 2 aromatic carbocycles. The molecule has 158 valence electrons. The van der Waals surface area contributed by atoms with Crippen LogP contribution in [0.4, 0.5) is 5.69 Å². The number of ketones is 1. The molecule has 0 unspecified atom stereocenters. The van der Waals surface area contributed by atoms with E-state index in [0.29, 0.717) is 0 Å². The smallest absolute Gasteiger partial charge is 0.162 e. The minimum absolute atomic E-state index is 0.0484. The molecule has 6 heteroatoms. The van der Waals surface area contributed by atoms with Gasteiger partial charge in [0.25, 0.3) is 0 Å². The van der Waals surface area contributed by atoms with E-state index in [9.17, 15) is 4.79 Å². The van der Waals surface area contributed by atoms with Gasteiger partial charge in [0, 0.05) is 48.7 Å². The van der Waals surface area contributed by atoms with E-state index in [1.807, 2.05) is 37.3 Å². The average Bonchev–Trinajstić information content (AvgIpc) is 3.35. The van der Waals surface area contributed by atoms with Crippen LogP contribution < -0.4 is 4.90 Å². The van der Waals surface area contributed by atoms with E-state index in [-0.39, 0.29) is 5.78 Å². The number of nitrogens with zero attached hydrogens (tertiary/aromatic N) is 3. The number of anilines is 1. The number of aromatic amines is 2. The lowest BCUT2D eigenvalue weighted by atomic mass is 9.98. The van der Waals surface area contributed by atoms with Gasteiger partial charge in [0.15, 0.2) is 11.6 Å². The predicted octanol–water partition coefficient (Wildman–Crippen LogP) is 4.49. The minimum Gasteiger partial charge on any atom is -0.369 e. The SMILES string of the molecule is CC(=O)c1c(C)[nH]c(-c2nc3ccc(N4CCN(C)CC4)cc3[nH]2)c1-c1ccccc1. The monoisotopic (exact) mass is 413 g/mol. The Bertz CT molecular complexity index is 1250. The molecule has 1 aliphatic heterocycles. The van der Waals surface area contributed by atoms with Crippen molar-refractivity contribution in [1.82, 2.24) is 19.9 Å². The number of hydrogen-bond donors (Lipinski definition) is 2. The van der Waals surface area contributed by atoms with Gasteiger partial charge in [0.2, 0.25) is 0 Å². The zero-order valence-corrected chi connectivity index (χ0v) is 18.2. The van der Waals surface area contributed by atoms with Crippen LogP contribution in [0.1, 0.15) is 23.0 Å². The first kappa shape index (κ1) is 19.6. The third-order valence-corrected chi connectivity index (χ3v) is 6.17. The average molecular weight is 414 g/mol. The molecule has 1 fully saturated rings. The molecule has 4 aromatic rings. The second-order valence-corrected chi connectivity index (χ2v) is 8.37. The molecule has 2 aromatic heterocycles. The molecule has 6 nitrogen and oxygen atoms in total. The van der Waals surface area contributed by atoms with Gasteiger partial charge in [0.1, 0.15) is 0 Å². The summed E-state index contributed by atoms with van der Waals surface area (Å²) in [6.45, 7) is 7.76. The van der Waals surface area contributed by atoms with Crippen molar-refractivity contribution in [2.45, 2.75) is 13.8 Å². The van der Waals surface area contributed by atoms with Crippen molar-refractivity contribution in [3.05, 3.63) is 59.8 Å². The predicted molar refractivity (Wildman–Crippen MR) is 126 cm³/mol. The zero-order chi connectivity index (χ0) is 21.5. The number of benzene rings is 2. The Labute approximate surface area is 181 Å². The number of carbonyl (C=O) groups excluding carboxylic acids is 1. The molecule has 1 aliphatic rings. The van der Waals surface area contributed by atoms with Gasteiger partial charge in [-0.15, -0.1) is 0 Å². The van der Waals surface area contributed by atoms with Gasteiger partial charge in [0.05, 0.1) is 16.7 Å². The molecule has 0 aliphatic carbocycles. The topological polar surface area (TPSA) is 68.0 Å². The molecule has 0 saturated carbocycles. The Morgan fingerprint density at radius 3 is 2.45 bits per heavy atom. The van der Waals surface area contributed by atoms with Crippen molar-refractivity contribution in [2.24, 2.45) is 0 Å². The molecule has 31 heavy (non-hydrogen) atoms. The normalized spacial score (nSPS) is 15.0. The van der Waals surface area contributed by atoms with E-state index < -0.39 is 0 Å². The maximum Gasteiger partial charge on any atom is 0.162 e. The summed E-state index contributed by atoms with van der Waals surface area (Å²) in [5.41, 5.74) is 7.48. The highest BCUT2D eigenvalue weighted by molar-refractivity contribution is 6.05. The number of carbonyl (C=O) groups is 1. The molecule has 3 heterocycles. The standard InChI is InChI=1S/C25H27N5O/c1-16-22(17(2)31)23(18-7-5-4-6-8-18)24(26-16)25-27-20-10-9-19(15-21(20)28-25)30-13-11-29(3)12-14-30/h4-10,15,26H,11-14H2,1-3H3,(H,27,28). The van der Waals surface area contributed by atoms with Crippen LogP contribution in [-0.4, -0.2) is 58.9 Å². The highest BCUT2D eigenvalue weighted by Crippen LogP contribution is 2.36. The number of aryl methyl sites for hydroxylation is 1. The summed E-state index contributed by atoms with van der Waals surface area (Å²) in [7, 11) is 2.17. The maximum absolute atomic E-state index is 12.5. The number of aromatic nitrogens is 3. The van der Waals surface area contributed by atoms with Crippen molar-refractivity contribution in [1.29, 1.82) is 0 Å². The van der Waals surface area contributed by atoms with Crippen LogP contribution in [0.25, 0.3) is 33.7 Å². The lowest BCUT2D eigenvalue weighted by Gasteiger charge is -2.34. The first-order chi connectivity index (χ1) is 15.0. The number of hydrogen-bond acceptors (Lipinski definition) is 4. The Balaban J connectivity index is 1.60. The number of likely N-dealkylation sites (N-methyl/N-ethyl adjacent to an activating group) is 1. The highest BCUT2D eigenvalue weighted by atomic mass is 16.1. The van der Waals surface area contributed by atoms with Gasteiger partial charge in [-0.1, -0.05) is 30.3 Å². The van der Waals surface area contributed by atoms with E-state index >= 15 is 0 Å². The van der Waals surface area contributed by atoms with Crippen molar-refractivity contribution in [3.8, 4) is 22.6 Å². The number of fused-ring (bicyclic) bond motifs is 1. The van der Waals surface area contributed by atoms with E-state index in [1.165, 1.54) is 5.69 Å². The van der Waals surface area contributed by atoms with Crippen molar-refractivity contribution in [3.63, 3.8) is 0 Å². The second-order valence-electron chi connectivity index (χ2n) is 8.37. The zero-order valence-electron chi connectivity index (χ0n) is 18.2. The largest absolute Gasteiger partial charge is 0.369 e. The van der Waals surface area contributed by atoms with Crippen LogP contribution >= 0.6 is 0 Å².